The van der Waals surface area contributed by atoms with Crippen molar-refractivity contribution in [2.75, 3.05) is 21.3 Å². The number of rotatable bonds is 6. The summed E-state index contributed by atoms with van der Waals surface area (Å²) in [5, 5.41) is 0.554. The first-order chi connectivity index (χ1) is 7.61. The van der Waals surface area contributed by atoms with E-state index in [4.69, 9.17) is 25.8 Å². The van der Waals surface area contributed by atoms with Crippen LogP contribution in [0.2, 0.25) is 0 Å². The summed E-state index contributed by atoms with van der Waals surface area (Å²) < 4.78 is 15.8. The monoisotopic (exact) mass is 248 g/mol. The van der Waals surface area contributed by atoms with Gasteiger partial charge in [-0.2, -0.15) is 0 Å². The fraction of sp³-hybridized carbons (Fsp3) is 0.833. The van der Waals surface area contributed by atoms with Crippen LogP contribution in [0.1, 0.15) is 26.7 Å². The average Bonchev–Trinajstić information content (AvgIpc) is 3.04. The van der Waals surface area contributed by atoms with Crippen LogP contribution in [0.3, 0.4) is 0 Å². The van der Waals surface area contributed by atoms with E-state index in [9.17, 15) is 0 Å². The summed E-state index contributed by atoms with van der Waals surface area (Å²) in [6, 6.07) is 0. The van der Waals surface area contributed by atoms with E-state index < -0.39 is 5.97 Å². The molecule has 0 aliphatic heterocycles. The molecule has 16 heavy (non-hydrogen) atoms. The van der Waals surface area contributed by atoms with Crippen molar-refractivity contribution >= 4 is 11.6 Å². The zero-order chi connectivity index (χ0) is 12.3. The van der Waals surface area contributed by atoms with Gasteiger partial charge in [-0.1, -0.05) is 25.4 Å². The van der Waals surface area contributed by atoms with Gasteiger partial charge in [0.15, 0.2) is 0 Å². The molecule has 1 aliphatic carbocycles. The van der Waals surface area contributed by atoms with E-state index in [1.54, 1.807) is 0 Å². The van der Waals surface area contributed by atoms with Gasteiger partial charge in [-0.05, 0) is 30.3 Å². The highest BCUT2D eigenvalue weighted by Gasteiger charge is 2.49. The Morgan fingerprint density at radius 1 is 1.06 bits per heavy atom. The van der Waals surface area contributed by atoms with Crippen LogP contribution in [0.15, 0.2) is 10.6 Å². The van der Waals surface area contributed by atoms with Crippen molar-refractivity contribution in [3.8, 4) is 0 Å². The molecule has 0 saturated heterocycles. The highest BCUT2D eigenvalue weighted by atomic mass is 35.5. The standard InChI is InChI=1S/C12H21ClO3/c1-6-8-9(7-2)10(8)11(13)12(14-3,15-4)16-5/h8-9H,6-7H2,1-5H3/t8-,9+. The van der Waals surface area contributed by atoms with Crippen LogP contribution in [-0.4, -0.2) is 27.3 Å². The average molecular weight is 249 g/mol. The molecular weight excluding hydrogens is 228 g/mol. The van der Waals surface area contributed by atoms with Gasteiger partial charge in [0.1, 0.15) is 5.03 Å². The maximum Gasteiger partial charge on any atom is 0.322 e. The molecule has 0 amide bonds. The van der Waals surface area contributed by atoms with Crippen LogP contribution < -0.4 is 0 Å². The third-order valence-electron chi connectivity index (χ3n) is 3.38. The molecule has 0 bridgehead atoms. The number of allylic oxidation sites excluding steroid dienone is 1. The molecule has 1 saturated carbocycles. The minimum absolute atomic E-state index is 0.553. The lowest BCUT2D eigenvalue weighted by Gasteiger charge is -2.28. The Morgan fingerprint density at radius 3 is 1.69 bits per heavy atom. The molecular formula is C12H21ClO3. The smallest absolute Gasteiger partial charge is 0.322 e. The van der Waals surface area contributed by atoms with Crippen molar-refractivity contribution < 1.29 is 14.2 Å². The van der Waals surface area contributed by atoms with Gasteiger partial charge in [0, 0.05) is 21.3 Å². The Balaban J connectivity index is 2.99. The second-order valence-corrected chi connectivity index (χ2v) is 4.35. The normalized spacial score (nSPS) is 28.1. The minimum atomic E-state index is -1.23. The maximum atomic E-state index is 6.35. The third-order valence-corrected chi connectivity index (χ3v) is 3.83. The van der Waals surface area contributed by atoms with E-state index in [2.05, 4.69) is 13.8 Å². The van der Waals surface area contributed by atoms with Crippen molar-refractivity contribution in [1.29, 1.82) is 0 Å². The molecule has 1 rings (SSSR count). The van der Waals surface area contributed by atoms with Gasteiger partial charge in [-0.15, -0.1) is 0 Å². The maximum absolute atomic E-state index is 6.35. The summed E-state index contributed by atoms with van der Waals surface area (Å²) in [6.07, 6.45) is 2.19. The Morgan fingerprint density at radius 2 is 1.44 bits per heavy atom. The van der Waals surface area contributed by atoms with Crippen molar-refractivity contribution in [2.45, 2.75) is 32.7 Å². The fourth-order valence-electron chi connectivity index (χ4n) is 2.41. The van der Waals surface area contributed by atoms with E-state index in [0.29, 0.717) is 16.9 Å². The summed E-state index contributed by atoms with van der Waals surface area (Å²) in [6.45, 7) is 4.33. The van der Waals surface area contributed by atoms with Crippen LogP contribution >= 0.6 is 11.6 Å². The van der Waals surface area contributed by atoms with Crippen LogP contribution in [0.5, 0.6) is 0 Å². The molecule has 0 heterocycles. The minimum Gasteiger partial charge on any atom is -0.326 e. The molecule has 0 aromatic rings. The second-order valence-electron chi connectivity index (χ2n) is 3.97. The molecule has 0 radical (unpaired) electrons. The number of ether oxygens (including phenoxy) is 3. The summed E-state index contributed by atoms with van der Waals surface area (Å²) in [4.78, 5) is 0. The lowest BCUT2D eigenvalue weighted by atomic mass is 10.2. The number of hydrogen-bond acceptors (Lipinski definition) is 3. The van der Waals surface area contributed by atoms with Gasteiger partial charge < -0.3 is 14.2 Å². The highest BCUT2D eigenvalue weighted by Crippen LogP contribution is 2.54. The first kappa shape index (κ1) is 14.0. The predicted molar refractivity (Wildman–Crippen MR) is 64.2 cm³/mol. The summed E-state index contributed by atoms with van der Waals surface area (Å²) >= 11 is 6.35. The summed E-state index contributed by atoms with van der Waals surface area (Å²) in [5.74, 6) is -0.122. The third kappa shape index (κ3) is 2.14. The summed E-state index contributed by atoms with van der Waals surface area (Å²) in [7, 11) is 4.58. The topological polar surface area (TPSA) is 27.7 Å². The SMILES string of the molecule is CC[C@@H]1C(=C(Cl)C(OC)(OC)OC)[C@@H]1CC. The van der Waals surface area contributed by atoms with Gasteiger partial charge >= 0.3 is 5.97 Å². The van der Waals surface area contributed by atoms with Crippen molar-refractivity contribution in [3.63, 3.8) is 0 Å². The van der Waals surface area contributed by atoms with Gasteiger partial charge in [0.2, 0.25) is 0 Å². The number of methoxy groups -OCH3 is 3. The first-order valence-electron chi connectivity index (χ1n) is 5.67. The molecule has 4 heteroatoms. The van der Waals surface area contributed by atoms with Gasteiger partial charge in [-0.25, -0.2) is 0 Å². The van der Waals surface area contributed by atoms with E-state index in [0.717, 1.165) is 12.8 Å². The van der Waals surface area contributed by atoms with Crippen molar-refractivity contribution in [1.82, 2.24) is 0 Å². The molecule has 0 N–H and O–H groups in total. The fourth-order valence-corrected chi connectivity index (χ4v) is 2.92. The van der Waals surface area contributed by atoms with Crippen molar-refractivity contribution in [2.24, 2.45) is 11.8 Å². The van der Waals surface area contributed by atoms with Gasteiger partial charge in [-0.3, -0.25) is 0 Å². The number of hydrogen-bond donors (Lipinski definition) is 0. The molecule has 0 unspecified atom stereocenters. The molecule has 1 aliphatic rings. The highest BCUT2D eigenvalue weighted by molar-refractivity contribution is 6.31. The Bertz CT molecular complexity index is 251. The van der Waals surface area contributed by atoms with Gasteiger partial charge in [0.05, 0.1) is 0 Å². The van der Waals surface area contributed by atoms with Crippen LogP contribution in [-0.2, 0) is 14.2 Å². The Labute approximate surface area is 103 Å². The van der Waals surface area contributed by atoms with Crippen molar-refractivity contribution in [3.05, 3.63) is 10.6 Å². The Kier molecular flexibility index (Phi) is 4.80. The van der Waals surface area contributed by atoms with Crippen LogP contribution in [0.25, 0.3) is 0 Å². The lowest BCUT2D eigenvalue weighted by molar-refractivity contribution is -0.322. The van der Waals surface area contributed by atoms with E-state index >= 15 is 0 Å². The first-order valence-corrected chi connectivity index (χ1v) is 6.05. The van der Waals surface area contributed by atoms with Crippen LogP contribution in [0.4, 0.5) is 0 Å². The van der Waals surface area contributed by atoms with Crippen LogP contribution in [0, 0.1) is 11.8 Å². The molecule has 94 valence electrons. The molecule has 0 aromatic carbocycles. The largest absolute Gasteiger partial charge is 0.326 e. The second kappa shape index (κ2) is 5.50. The lowest BCUT2D eigenvalue weighted by Crippen LogP contribution is -2.36. The molecule has 0 spiro atoms. The Hall–Kier alpha value is -0.0900. The van der Waals surface area contributed by atoms with E-state index in [1.165, 1.54) is 26.9 Å². The number of halogens is 1. The molecule has 0 aromatic heterocycles. The summed E-state index contributed by atoms with van der Waals surface area (Å²) in [5.41, 5.74) is 1.22. The predicted octanol–water partition coefficient (Wildman–Crippen LogP) is 3.14. The zero-order valence-electron chi connectivity index (χ0n) is 10.7. The van der Waals surface area contributed by atoms with Gasteiger partial charge in [0.25, 0.3) is 0 Å². The molecule has 3 nitrogen and oxygen atoms in total. The molecule has 2 atom stereocenters. The van der Waals surface area contributed by atoms with E-state index in [1.807, 2.05) is 0 Å². The molecule has 1 fully saturated rings. The zero-order valence-corrected chi connectivity index (χ0v) is 11.4. The van der Waals surface area contributed by atoms with E-state index in [-0.39, 0.29) is 0 Å². The quantitative estimate of drug-likeness (QED) is 0.676.